The van der Waals surface area contributed by atoms with Gasteiger partial charge in [-0.15, -0.1) is 0 Å². The third-order valence-corrected chi connectivity index (χ3v) is 1.93. The number of nitrogens with one attached hydrogen (secondary N) is 1. The number of hydrogen-bond donors (Lipinski definition) is 1. The Kier molecular flexibility index (Phi) is 1.94. The molecule has 1 saturated heterocycles. The lowest BCUT2D eigenvalue weighted by Crippen LogP contribution is -2.42. The van der Waals surface area contributed by atoms with Crippen LogP contribution in [0, 0.1) is 0 Å². The molecule has 0 unspecified atom stereocenters. The summed E-state index contributed by atoms with van der Waals surface area (Å²) in [5.74, 6) is -0.00926. The lowest BCUT2D eigenvalue weighted by molar-refractivity contribution is -0.138. The van der Waals surface area contributed by atoms with Crippen molar-refractivity contribution in [3.05, 3.63) is 0 Å². The van der Waals surface area contributed by atoms with Crippen molar-refractivity contribution in [2.75, 3.05) is 13.7 Å². The Morgan fingerprint density at radius 3 is 2.80 bits per heavy atom. The number of hydrogen-bond acceptors (Lipinski definition) is 2. The van der Waals surface area contributed by atoms with E-state index in [1.807, 2.05) is 6.92 Å². The van der Waals surface area contributed by atoms with Gasteiger partial charge in [0.1, 0.15) is 5.60 Å². The summed E-state index contributed by atoms with van der Waals surface area (Å²) >= 11 is 0. The zero-order chi connectivity index (χ0) is 7.61. The summed E-state index contributed by atoms with van der Waals surface area (Å²) in [5, 5.41) is 2.58. The van der Waals surface area contributed by atoms with Crippen molar-refractivity contribution in [2.24, 2.45) is 0 Å². The summed E-state index contributed by atoms with van der Waals surface area (Å²) in [6.45, 7) is 2.54. The lowest BCUT2D eigenvalue weighted by Gasteiger charge is -2.19. The first-order valence-electron chi connectivity index (χ1n) is 3.55. The molecule has 1 aliphatic rings. The first kappa shape index (κ1) is 7.54. The third-order valence-electron chi connectivity index (χ3n) is 1.93. The summed E-state index contributed by atoms with van der Waals surface area (Å²) in [6.07, 6.45) is 1.83. The van der Waals surface area contributed by atoms with Gasteiger partial charge in [0.25, 0.3) is 5.91 Å². The fourth-order valence-electron chi connectivity index (χ4n) is 1.22. The highest BCUT2D eigenvalue weighted by Crippen LogP contribution is 2.24. The molecule has 0 radical (unpaired) electrons. The standard InChI is InChI=1S/C7H13NO2/c1-7(6(9)8-2)4-3-5-10-7/h3-5H2,1-2H3,(H,8,9)/t7-/m0/s1. The van der Waals surface area contributed by atoms with Gasteiger partial charge in [-0.05, 0) is 19.8 Å². The maximum absolute atomic E-state index is 11.1. The van der Waals surface area contributed by atoms with Crippen molar-refractivity contribution in [3.63, 3.8) is 0 Å². The molecule has 10 heavy (non-hydrogen) atoms. The van der Waals surface area contributed by atoms with Gasteiger partial charge in [-0.2, -0.15) is 0 Å². The van der Waals surface area contributed by atoms with Crippen LogP contribution in [-0.4, -0.2) is 25.2 Å². The van der Waals surface area contributed by atoms with Gasteiger partial charge >= 0.3 is 0 Å². The molecule has 1 atom stereocenters. The summed E-state index contributed by atoms with van der Waals surface area (Å²) in [6, 6.07) is 0. The van der Waals surface area contributed by atoms with Gasteiger partial charge in [0.2, 0.25) is 0 Å². The molecule has 0 aliphatic carbocycles. The van der Waals surface area contributed by atoms with Crippen LogP contribution in [0.25, 0.3) is 0 Å². The van der Waals surface area contributed by atoms with Crippen LogP contribution in [-0.2, 0) is 9.53 Å². The highest BCUT2D eigenvalue weighted by Gasteiger charge is 2.36. The van der Waals surface area contributed by atoms with Gasteiger partial charge in [0.05, 0.1) is 0 Å². The van der Waals surface area contributed by atoms with Crippen LogP contribution in [0.2, 0.25) is 0 Å². The molecule has 1 aliphatic heterocycles. The van der Waals surface area contributed by atoms with E-state index in [9.17, 15) is 4.79 Å². The van der Waals surface area contributed by atoms with Crippen LogP contribution >= 0.6 is 0 Å². The van der Waals surface area contributed by atoms with Gasteiger partial charge in [-0.25, -0.2) is 0 Å². The predicted octanol–water partition coefficient (Wildman–Crippen LogP) is 0.301. The van der Waals surface area contributed by atoms with Gasteiger partial charge in [0.15, 0.2) is 0 Å². The lowest BCUT2D eigenvalue weighted by atomic mass is 10.0. The first-order chi connectivity index (χ1) is 4.69. The van der Waals surface area contributed by atoms with Crippen LogP contribution in [0.4, 0.5) is 0 Å². The summed E-state index contributed by atoms with van der Waals surface area (Å²) in [5.41, 5.74) is -0.547. The van der Waals surface area contributed by atoms with Crippen molar-refractivity contribution in [3.8, 4) is 0 Å². The number of likely N-dealkylation sites (N-methyl/N-ethyl adjacent to an activating group) is 1. The number of carbonyl (C=O) groups is 1. The molecular formula is C7H13NO2. The van der Waals surface area contributed by atoms with E-state index in [1.165, 1.54) is 0 Å². The van der Waals surface area contributed by atoms with E-state index in [1.54, 1.807) is 7.05 Å². The Morgan fingerprint density at radius 2 is 2.40 bits per heavy atom. The molecule has 0 saturated carbocycles. The second-order valence-electron chi connectivity index (χ2n) is 2.76. The zero-order valence-corrected chi connectivity index (χ0v) is 6.44. The molecule has 1 rings (SSSR count). The van der Waals surface area contributed by atoms with Gasteiger partial charge in [-0.3, -0.25) is 4.79 Å². The Morgan fingerprint density at radius 1 is 1.70 bits per heavy atom. The number of amides is 1. The molecular weight excluding hydrogens is 130 g/mol. The van der Waals surface area contributed by atoms with E-state index < -0.39 is 5.60 Å². The van der Waals surface area contributed by atoms with E-state index in [0.29, 0.717) is 6.61 Å². The Bertz CT molecular complexity index is 139. The fourth-order valence-corrected chi connectivity index (χ4v) is 1.22. The average Bonchev–Trinajstić information content (AvgIpc) is 2.36. The second-order valence-corrected chi connectivity index (χ2v) is 2.76. The molecule has 1 N–H and O–H groups in total. The second kappa shape index (κ2) is 2.58. The molecule has 0 aromatic rings. The highest BCUT2D eigenvalue weighted by molar-refractivity contribution is 5.84. The maximum Gasteiger partial charge on any atom is 0.251 e. The van der Waals surface area contributed by atoms with Crippen LogP contribution in [0.15, 0.2) is 0 Å². The largest absolute Gasteiger partial charge is 0.365 e. The molecule has 1 amide bonds. The zero-order valence-electron chi connectivity index (χ0n) is 6.44. The van der Waals surface area contributed by atoms with Crippen molar-refractivity contribution >= 4 is 5.91 Å². The molecule has 58 valence electrons. The van der Waals surface area contributed by atoms with Gasteiger partial charge in [0, 0.05) is 13.7 Å². The average molecular weight is 143 g/mol. The third kappa shape index (κ3) is 1.14. The molecule has 0 bridgehead atoms. The first-order valence-corrected chi connectivity index (χ1v) is 3.55. The van der Waals surface area contributed by atoms with Crippen molar-refractivity contribution < 1.29 is 9.53 Å². The summed E-state index contributed by atoms with van der Waals surface area (Å²) in [4.78, 5) is 11.1. The Labute approximate surface area is 60.7 Å². The summed E-state index contributed by atoms with van der Waals surface area (Å²) in [7, 11) is 1.63. The Balaban J connectivity index is 2.58. The number of rotatable bonds is 1. The van der Waals surface area contributed by atoms with Crippen LogP contribution in [0.5, 0.6) is 0 Å². The van der Waals surface area contributed by atoms with Gasteiger partial charge < -0.3 is 10.1 Å². The van der Waals surface area contributed by atoms with Crippen molar-refractivity contribution in [1.82, 2.24) is 5.32 Å². The minimum atomic E-state index is -0.547. The monoisotopic (exact) mass is 143 g/mol. The van der Waals surface area contributed by atoms with Crippen LogP contribution in [0.3, 0.4) is 0 Å². The molecule has 1 fully saturated rings. The molecule has 3 heteroatoms. The van der Waals surface area contributed by atoms with E-state index in [2.05, 4.69) is 5.32 Å². The molecule has 1 heterocycles. The topological polar surface area (TPSA) is 38.3 Å². The number of ether oxygens (including phenoxy) is 1. The van der Waals surface area contributed by atoms with Crippen molar-refractivity contribution in [1.29, 1.82) is 0 Å². The van der Waals surface area contributed by atoms with Gasteiger partial charge in [-0.1, -0.05) is 0 Å². The quantitative estimate of drug-likeness (QED) is 0.573. The van der Waals surface area contributed by atoms with E-state index in [0.717, 1.165) is 12.8 Å². The minimum absolute atomic E-state index is 0.00926. The normalized spacial score (nSPS) is 32.2. The minimum Gasteiger partial charge on any atom is -0.365 e. The predicted molar refractivity (Wildman–Crippen MR) is 37.7 cm³/mol. The number of carbonyl (C=O) groups excluding carboxylic acids is 1. The smallest absolute Gasteiger partial charge is 0.251 e. The Hall–Kier alpha value is -0.570. The molecule has 3 nitrogen and oxygen atoms in total. The highest BCUT2D eigenvalue weighted by atomic mass is 16.5. The summed E-state index contributed by atoms with van der Waals surface area (Å²) < 4.78 is 5.28. The van der Waals surface area contributed by atoms with Crippen LogP contribution < -0.4 is 5.32 Å². The molecule has 0 spiro atoms. The fraction of sp³-hybridized carbons (Fsp3) is 0.857. The molecule has 0 aromatic heterocycles. The van der Waals surface area contributed by atoms with Crippen molar-refractivity contribution in [2.45, 2.75) is 25.4 Å². The van der Waals surface area contributed by atoms with E-state index in [4.69, 9.17) is 4.74 Å². The maximum atomic E-state index is 11.1. The van der Waals surface area contributed by atoms with E-state index >= 15 is 0 Å². The SMILES string of the molecule is CNC(=O)[C@]1(C)CCCO1. The van der Waals surface area contributed by atoms with E-state index in [-0.39, 0.29) is 5.91 Å². The van der Waals surface area contributed by atoms with Crippen LogP contribution in [0.1, 0.15) is 19.8 Å². The molecule has 0 aromatic carbocycles.